The zero-order chi connectivity index (χ0) is 19.1. The minimum atomic E-state index is -0.907. The molecule has 0 saturated carbocycles. The minimum absolute atomic E-state index is 0.0343. The van der Waals surface area contributed by atoms with Crippen LogP contribution >= 0.6 is 0 Å². The Morgan fingerprint density at radius 1 is 0.958 bits per heavy atom. The molecule has 7 heteroatoms. The maximum atomic E-state index is 13.2. The van der Waals surface area contributed by atoms with Gasteiger partial charge in [0.1, 0.15) is 0 Å². The molecule has 0 aliphatic rings. The first-order valence-electron chi connectivity index (χ1n) is 8.77. The predicted molar refractivity (Wildman–Crippen MR) is 98.9 cm³/mol. The summed E-state index contributed by atoms with van der Waals surface area (Å²) in [4.78, 5) is 33.0. The monoisotopic (exact) mass is 343 g/mol. The summed E-state index contributed by atoms with van der Waals surface area (Å²) in [5.41, 5.74) is -0.907. The zero-order valence-corrected chi connectivity index (χ0v) is 17.0. The summed E-state index contributed by atoms with van der Waals surface area (Å²) in [7, 11) is 7.25. The second-order valence-electron chi connectivity index (χ2n) is 6.70. The number of carbonyl (C=O) groups excluding carboxylic acids is 2. The highest BCUT2D eigenvalue weighted by Crippen LogP contribution is 2.22. The molecule has 0 bridgehead atoms. The average molecular weight is 344 g/mol. The number of nitrogens with one attached hydrogen (secondary N) is 1. The molecule has 0 aliphatic carbocycles. The number of rotatable bonds is 9. The average Bonchev–Trinajstić information content (AvgIpc) is 2.49. The summed E-state index contributed by atoms with van der Waals surface area (Å²) in [5.74, 6) is -0.0730. The van der Waals surface area contributed by atoms with Gasteiger partial charge in [-0.1, -0.05) is 13.8 Å². The zero-order valence-electron chi connectivity index (χ0n) is 17.0. The lowest BCUT2D eigenvalue weighted by atomic mass is 10.0. The van der Waals surface area contributed by atoms with Gasteiger partial charge in [0, 0.05) is 26.7 Å². The van der Waals surface area contributed by atoms with Crippen LogP contribution in [-0.4, -0.2) is 97.6 Å². The molecular weight excluding hydrogens is 306 g/mol. The quantitative estimate of drug-likeness (QED) is 0.637. The number of likely N-dealkylation sites (N-methyl/N-ethyl adjacent to an activating group) is 3. The Morgan fingerprint density at radius 3 is 1.75 bits per heavy atom. The van der Waals surface area contributed by atoms with Crippen molar-refractivity contribution in [2.45, 2.75) is 46.3 Å². The van der Waals surface area contributed by atoms with Gasteiger partial charge in [0.2, 0.25) is 0 Å². The molecule has 0 fully saturated rings. The van der Waals surface area contributed by atoms with Crippen LogP contribution in [0.1, 0.15) is 34.6 Å². The van der Waals surface area contributed by atoms with E-state index in [1.165, 1.54) is 0 Å². The van der Waals surface area contributed by atoms with Gasteiger partial charge in [0.15, 0.2) is 5.66 Å². The Balaban J connectivity index is 5.97. The fourth-order valence-corrected chi connectivity index (χ4v) is 2.93. The topological polar surface area (TPSA) is 59.1 Å². The van der Waals surface area contributed by atoms with Gasteiger partial charge in [-0.25, -0.2) is 4.79 Å². The van der Waals surface area contributed by atoms with Gasteiger partial charge < -0.3 is 15.1 Å². The molecule has 1 atom stereocenters. The molecule has 7 nitrogen and oxygen atoms in total. The molecular formula is C17H37N5O2. The summed E-state index contributed by atoms with van der Waals surface area (Å²) < 4.78 is 0. The molecule has 0 heterocycles. The molecule has 0 saturated heterocycles. The Labute approximate surface area is 147 Å². The van der Waals surface area contributed by atoms with Crippen molar-refractivity contribution in [3.63, 3.8) is 0 Å². The van der Waals surface area contributed by atoms with Crippen LogP contribution in [0.2, 0.25) is 0 Å². The molecule has 24 heavy (non-hydrogen) atoms. The first kappa shape index (κ1) is 22.7. The molecule has 0 aromatic carbocycles. The predicted octanol–water partition coefficient (Wildman–Crippen LogP) is 1.11. The largest absolute Gasteiger partial charge is 0.351 e. The van der Waals surface area contributed by atoms with Gasteiger partial charge in [-0.15, -0.1) is 0 Å². The number of urea groups is 1. The lowest BCUT2D eigenvalue weighted by molar-refractivity contribution is -0.148. The van der Waals surface area contributed by atoms with Crippen LogP contribution in [0.25, 0.3) is 0 Å². The lowest BCUT2D eigenvalue weighted by Crippen LogP contribution is -2.72. The number of hydrogen-bond acceptors (Lipinski definition) is 4. The van der Waals surface area contributed by atoms with E-state index in [1.807, 2.05) is 53.6 Å². The van der Waals surface area contributed by atoms with Crippen molar-refractivity contribution in [2.75, 3.05) is 54.4 Å². The van der Waals surface area contributed by atoms with E-state index in [-0.39, 0.29) is 18.0 Å². The number of amides is 3. The van der Waals surface area contributed by atoms with E-state index in [0.717, 1.165) is 0 Å². The fraction of sp³-hybridized carbons (Fsp3) is 0.882. The molecule has 0 aromatic heterocycles. The van der Waals surface area contributed by atoms with Crippen molar-refractivity contribution in [3.05, 3.63) is 0 Å². The van der Waals surface area contributed by atoms with Crippen LogP contribution in [0.3, 0.4) is 0 Å². The van der Waals surface area contributed by atoms with Gasteiger partial charge in [-0.05, 0) is 48.0 Å². The first-order chi connectivity index (χ1) is 11.1. The maximum Gasteiger partial charge on any atom is 0.319 e. The van der Waals surface area contributed by atoms with Crippen molar-refractivity contribution in [1.29, 1.82) is 0 Å². The summed E-state index contributed by atoms with van der Waals surface area (Å²) in [6.45, 7) is 12.2. The van der Waals surface area contributed by atoms with E-state index in [0.29, 0.717) is 26.2 Å². The standard InChI is InChI=1S/C17H37N5O2/c1-10-21(16(24)19(6)7)13-17(20(8)9,22(11-2)12-3)15(23)18-14(4)5/h14H,10-13H2,1-9H3,(H,18,23). The van der Waals surface area contributed by atoms with Gasteiger partial charge in [0.25, 0.3) is 5.91 Å². The maximum absolute atomic E-state index is 13.2. The van der Waals surface area contributed by atoms with Crippen LogP contribution in [0.5, 0.6) is 0 Å². The minimum Gasteiger partial charge on any atom is -0.351 e. The molecule has 0 aliphatic heterocycles. The highest BCUT2D eigenvalue weighted by Gasteiger charge is 2.47. The Hall–Kier alpha value is -1.34. The van der Waals surface area contributed by atoms with Crippen LogP contribution < -0.4 is 5.32 Å². The number of carbonyl (C=O) groups is 2. The first-order valence-corrected chi connectivity index (χ1v) is 8.77. The normalized spacial score (nSPS) is 14.0. The van der Waals surface area contributed by atoms with Crippen LogP contribution in [0.15, 0.2) is 0 Å². The number of nitrogens with zero attached hydrogens (tertiary/aromatic N) is 4. The third-order valence-corrected chi connectivity index (χ3v) is 4.26. The van der Waals surface area contributed by atoms with Gasteiger partial charge >= 0.3 is 6.03 Å². The van der Waals surface area contributed by atoms with Crippen molar-refractivity contribution in [1.82, 2.24) is 24.9 Å². The number of hydrogen-bond donors (Lipinski definition) is 1. The smallest absolute Gasteiger partial charge is 0.319 e. The fourth-order valence-electron chi connectivity index (χ4n) is 2.93. The van der Waals surface area contributed by atoms with E-state index in [1.54, 1.807) is 23.9 Å². The summed E-state index contributed by atoms with van der Waals surface area (Å²) >= 11 is 0. The van der Waals surface area contributed by atoms with Crippen LogP contribution in [0.4, 0.5) is 4.79 Å². The highest BCUT2D eigenvalue weighted by atomic mass is 16.2. The molecule has 0 rings (SSSR count). The lowest BCUT2D eigenvalue weighted by Gasteiger charge is -2.48. The van der Waals surface area contributed by atoms with Crippen molar-refractivity contribution >= 4 is 11.9 Å². The van der Waals surface area contributed by atoms with Crippen molar-refractivity contribution < 1.29 is 9.59 Å². The molecule has 1 unspecified atom stereocenters. The summed E-state index contributed by atoms with van der Waals surface area (Å²) in [5, 5.41) is 3.04. The van der Waals surface area contributed by atoms with Gasteiger partial charge in [-0.3, -0.25) is 14.6 Å². The van der Waals surface area contributed by atoms with E-state index in [4.69, 9.17) is 0 Å². The molecule has 3 amide bonds. The second kappa shape index (κ2) is 9.84. The van der Waals surface area contributed by atoms with E-state index >= 15 is 0 Å². The molecule has 0 spiro atoms. The second-order valence-corrected chi connectivity index (χ2v) is 6.70. The molecule has 1 N–H and O–H groups in total. The molecule has 0 aromatic rings. The summed E-state index contributed by atoms with van der Waals surface area (Å²) in [6.07, 6.45) is 0. The third kappa shape index (κ3) is 5.08. The van der Waals surface area contributed by atoms with Gasteiger partial charge in [0.05, 0.1) is 6.54 Å². The van der Waals surface area contributed by atoms with E-state index in [9.17, 15) is 9.59 Å². The Kier molecular flexibility index (Phi) is 9.29. The van der Waals surface area contributed by atoms with Gasteiger partial charge in [-0.2, -0.15) is 0 Å². The van der Waals surface area contributed by atoms with Crippen molar-refractivity contribution in [3.8, 4) is 0 Å². The van der Waals surface area contributed by atoms with E-state index < -0.39 is 5.66 Å². The van der Waals surface area contributed by atoms with Crippen LogP contribution in [0, 0.1) is 0 Å². The summed E-state index contributed by atoms with van der Waals surface area (Å²) in [6, 6.07) is -0.0553. The third-order valence-electron chi connectivity index (χ3n) is 4.26. The Bertz CT molecular complexity index is 408. The molecule has 142 valence electrons. The SMILES string of the molecule is CCN(CC(C(=O)NC(C)C)(N(C)C)N(CC)CC)C(=O)N(C)C. The Morgan fingerprint density at radius 2 is 1.46 bits per heavy atom. The van der Waals surface area contributed by atoms with Crippen molar-refractivity contribution in [2.24, 2.45) is 0 Å². The molecule has 0 radical (unpaired) electrons. The highest BCUT2D eigenvalue weighted by molar-refractivity contribution is 5.87. The van der Waals surface area contributed by atoms with E-state index in [2.05, 4.69) is 10.2 Å². The van der Waals surface area contributed by atoms with Crippen LogP contribution in [-0.2, 0) is 4.79 Å².